The maximum atomic E-state index is 12.2. The topological polar surface area (TPSA) is 104 Å². The van der Waals surface area contributed by atoms with Gasteiger partial charge in [0, 0.05) is 6.54 Å². The molecule has 0 radical (unpaired) electrons. The van der Waals surface area contributed by atoms with Crippen LogP contribution in [0.1, 0.15) is 31.2 Å². The number of rotatable bonds is 11. The van der Waals surface area contributed by atoms with E-state index in [9.17, 15) is 19.0 Å². The number of aldehydes is 1. The lowest BCUT2D eigenvalue weighted by molar-refractivity contribution is -0.142. The highest BCUT2D eigenvalue weighted by Gasteiger charge is 2.34. The van der Waals surface area contributed by atoms with E-state index in [1.54, 1.807) is 4.90 Å². The lowest BCUT2D eigenvalue weighted by atomic mass is 10.1. The van der Waals surface area contributed by atoms with Crippen LogP contribution in [0.15, 0.2) is 30.3 Å². The highest BCUT2D eigenvalue weighted by atomic mass is 31.2. The maximum absolute atomic E-state index is 12.2. The monoisotopic (exact) mass is 383 g/mol. The lowest BCUT2D eigenvalue weighted by Gasteiger charge is -2.25. The first-order valence-corrected chi connectivity index (χ1v) is 10.6. The maximum Gasteiger partial charge on any atom is 0.328 e. The summed E-state index contributed by atoms with van der Waals surface area (Å²) in [5, 5.41) is 9.16. The SMILES string of the molecule is O=CC(CN1CCC[C@H]1C(=O)O)OP(=O)(O)CCCCc1ccccc1. The number of carbonyl (C=O) groups excluding carboxylic acids is 1. The smallest absolute Gasteiger partial charge is 0.328 e. The number of benzene rings is 1. The van der Waals surface area contributed by atoms with Gasteiger partial charge in [-0.2, -0.15) is 0 Å². The molecule has 2 rings (SSSR count). The van der Waals surface area contributed by atoms with Gasteiger partial charge in [0.25, 0.3) is 0 Å². The first-order chi connectivity index (χ1) is 12.4. The molecule has 0 bridgehead atoms. The number of nitrogens with zero attached hydrogens (tertiary/aromatic N) is 1. The first kappa shape index (κ1) is 20.8. The molecule has 26 heavy (non-hydrogen) atoms. The van der Waals surface area contributed by atoms with Crippen LogP contribution in [-0.2, 0) is 25.1 Å². The Morgan fingerprint density at radius 3 is 2.73 bits per heavy atom. The van der Waals surface area contributed by atoms with Gasteiger partial charge in [-0.3, -0.25) is 18.8 Å². The normalized spacial score (nSPS) is 21.2. The molecule has 0 amide bonds. The van der Waals surface area contributed by atoms with Crippen molar-refractivity contribution in [3.63, 3.8) is 0 Å². The molecular weight excluding hydrogens is 357 g/mol. The van der Waals surface area contributed by atoms with Crippen LogP contribution in [0, 0.1) is 0 Å². The van der Waals surface area contributed by atoms with Crippen molar-refractivity contribution in [3.05, 3.63) is 35.9 Å². The second kappa shape index (κ2) is 9.97. The Morgan fingerprint density at radius 1 is 1.35 bits per heavy atom. The molecule has 1 aliphatic heterocycles. The van der Waals surface area contributed by atoms with Crippen LogP contribution in [0.3, 0.4) is 0 Å². The van der Waals surface area contributed by atoms with E-state index in [0.717, 1.165) is 19.3 Å². The number of carboxylic acid groups (broad SMARTS) is 1. The summed E-state index contributed by atoms with van der Waals surface area (Å²) < 4.78 is 17.4. The minimum atomic E-state index is -3.89. The van der Waals surface area contributed by atoms with E-state index in [-0.39, 0.29) is 12.7 Å². The summed E-state index contributed by atoms with van der Waals surface area (Å²) in [7, 11) is -3.89. The molecule has 1 aromatic carbocycles. The molecule has 7 nitrogen and oxygen atoms in total. The second-order valence-electron chi connectivity index (χ2n) is 6.57. The Kier molecular flexibility index (Phi) is 7.97. The number of carbonyl (C=O) groups is 2. The number of carboxylic acids is 1. The van der Waals surface area contributed by atoms with Gasteiger partial charge in [0.05, 0.1) is 6.16 Å². The average Bonchev–Trinajstić information content (AvgIpc) is 3.07. The zero-order valence-corrected chi connectivity index (χ0v) is 15.6. The van der Waals surface area contributed by atoms with Crippen LogP contribution in [-0.4, -0.2) is 58.6 Å². The molecular formula is C18H26NO6P. The Balaban J connectivity index is 1.77. The fourth-order valence-electron chi connectivity index (χ4n) is 3.21. The number of unbranched alkanes of at least 4 members (excludes halogenated alkanes) is 1. The van der Waals surface area contributed by atoms with E-state index >= 15 is 0 Å². The van der Waals surface area contributed by atoms with Crippen LogP contribution in [0.25, 0.3) is 0 Å². The van der Waals surface area contributed by atoms with Crippen LogP contribution in [0.2, 0.25) is 0 Å². The van der Waals surface area contributed by atoms with E-state index in [1.165, 1.54) is 5.56 Å². The highest BCUT2D eigenvalue weighted by Crippen LogP contribution is 2.44. The molecule has 1 fully saturated rings. The van der Waals surface area contributed by atoms with Crippen LogP contribution < -0.4 is 0 Å². The Bertz CT molecular complexity index is 638. The molecule has 144 valence electrons. The van der Waals surface area contributed by atoms with Gasteiger partial charge in [-0.15, -0.1) is 0 Å². The molecule has 1 aliphatic rings. The van der Waals surface area contributed by atoms with Crippen molar-refractivity contribution in [2.45, 2.75) is 44.2 Å². The number of hydrogen-bond acceptors (Lipinski definition) is 5. The third-order valence-corrected chi connectivity index (χ3v) is 6.00. The van der Waals surface area contributed by atoms with Gasteiger partial charge in [-0.25, -0.2) is 0 Å². The molecule has 0 saturated carbocycles. The average molecular weight is 383 g/mol. The van der Waals surface area contributed by atoms with Crippen molar-refractivity contribution in [3.8, 4) is 0 Å². The van der Waals surface area contributed by atoms with Gasteiger partial charge in [-0.1, -0.05) is 30.3 Å². The largest absolute Gasteiger partial charge is 0.480 e. The Hall–Kier alpha value is -1.53. The van der Waals surface area contributed by atoms with Crippen molar-refractivity contribution < 1.29 is 28.7 Å². The van der Waals surface area contributed by atoms with Gasteiger partial charge in [0.1, 0.15) is 12.1 Å². The summed E-state index contributed by atoms with van der Waals surface area (Å²) in [6.07, 6.45) is 2.66. The second-order valence-corrected chi connectivity index (χ2v) is 8.51. The van der Waals surface area contributed by atoms with Crippen molar-refractivity contribution in [1.82, 2.24) is 4.90 Å². The Labute approximate surface area is 153 Å². The standard InChI is InChI=1S/C18H26NO6P/c20-14-16(13-19-11-6-10-17(19)18(21)22)25-26(23,24)12-5-4-9-15-7-2-1-3-8-15/h1-3,7-8,14,16-17H,4-6,9-13H2,(H,21,22)(H,23,24)/t16?,17-/m0/s1. The van der Waals surface area contributed by atoms with E-state index in [4.69, 9.17) is 9.63 Å². The number of aliphatic carboxylic acids is 1. The molecule has 1 saturated heterocycles. The summed E-state index contributed by atoms with van der Waals surface area (Å²) in [6.45, 7) is 0.562. The number of aryl methyl sites for hydroxylation is 1. The van der Waals surface area contributed by atoms with Crippen molar-refractivity contribution in [2.75, 3.05) is 19.3 Å². The van der Waals surface area contributed by atoms with Crippen LogP contribution >= 0.6 is 7.60 Å². The molecule has 8 heteroatoms. The molecule has 1 aromatic rings. The molecule has 3 atom stereocenters. The summed E-state index contributed by atoms with van der Waals surface area (Å²) in [5.41, 5.74) is 1.17. The molecule has 1 heterocycles. The minimum Gasteiger partial charge on any atom is -0.480 e. The van der Waals surface area contributed by atoms with Gasteiger partial charge in [0.15, 0.2) is 6.29 Å². The summed E-state index contributed by atoms with van der Waals surface area (Å²) in [5.74, 6) is -0.944. The third kappa shape index (κ3) is 6.65. The lowest BCUT2D eigenvalue weighted by Crippen LogP contribution is -2.41. The molecule has 0 spiro atoms. The van der Waals surface area contributed by atoms with Crippen LogP contribution in [0.4, 0.5) is 0 Å². The summed E-state index contributed by atoms with van der Waals surface area (Å²) in [4.78, 5) is 34.0. The molecule has 2 unspecified atom stereocenters. The van der Waals surface area contributed by atoms with E-state index in [0.29, 0.717) is 25.7 Å². The molecule has 0 aromatic heterocycles. The predicted octanol–water partition coefficient (Wildman–Crippen LogP) is 2.33. The van der Waals surface area contributed by atoms with E-state index in [1.807, 2.05) is 30.3 Å². The Morgan fingerprint density at radius 2 is 2.08 bits per heavy atom. The highest BCUT2D eigenvalue weighted by molar-refractivity contribution is 7.52. The first-order valence-electron chi connectivity index (χ1n) is 8.87. The van der Waals surface area contributed by atoms with E-state index in [2.05, 4.69) is 0 Å². The van der Waals surface area contributed by atoms with Gasteiger partial charge in [-0.05, 0) is 44.2 Å². The predicted molar refractivity (Wildman–Crippen MR) is 97.2 cm³/mol. The van der Waals surface area contributed by atoms with Gasteiger partial charge >= 0.3 is 13.6 Å². The third-order valence-electron chi connectivity index (χ3n) is 4.51. The van der Waals surface area contributed by atoms with Crippen molar-refractivity contribution in [1.29, 1.82) is 0 Å². The van der Waals surface area contributed by atoms with Gasteiger partial charge in [0.2, 0.25) is 0 Å². The zero-order chi connectivity index (χ0) is 19.0. The number of hydrogen-bond donors (Lipinski definition) is 2. The minimum absolute atomic E-state index is 0.0213. The van der Waals surface area contributed by atoms with Crippen LogP contribution in [0.5, 0.6) is 0 Å². The van der Waals surface area contributed by atoms with E-state index < -0.39 is 25.7 Å². The number of likely N-dealkylation sites (tertiary alicyclic amines) is 1. The van der Waals surface area contributed by atoms with Gasteiger partial charge < -0.3 is 14.8 Å². The summed E-state index contributed by atoms with van der Waals surface area (Å²) in [6, 6.07) is 9.19. The molecule has 0 aliphatic carbocycles. The van der Waals surface area contributed by atoms with Crippen molar-refractivity contribution >= 4 is 19.9 Å². The fraction of sp³-hybridized carbons (Fsp3) is 0.556. The summed E-state index contributed by atoms with van der Waals surface area (Å²) >= 11 is 0. The quantitative estimate of drug-likeness (QED) is 0.343. The van der Waals surface area contributed by atoms with Crippen molar-refractivity contribution in [2.24, 2.45) is 0 Å². The zero-order valence-electron chi connectivity index (χ0n) is 14.7. The molecule has 2 N–H and O–H groups in total. The fourth-order valence-corrected chi connectivity index (χ4v) is 4.47.